The van der Waals surface area contributed by atoms with Gasteiger partial charge < -0.3 is 14.7 Å². The number of hydrogen-bond acceptors (Lipinski definition) is 5. The molecule has 0 saturated carbocycles. The second-order valence-electron chi connectivity index (χ2n) is 6.72. The van der Waals surface area contributed by atoms with Crippen molar-refractivity contribution in [2.45, 2.75) is 31.3 Å². The first-order chi connectivity index (χ1) is 12.3. The van der Waals surface area contributed by atoms with E-state index >= 15 is 0 Å². The SMILES string of the molecule is Cc1cccc(C)c1OCC(O)CN1CCc2cc(S(N)(=O)=O)ccc21. The number of sulfonamides is 1. The third-order valence-corrected chi connectivity index (χ3v) is 5.54. The molecule has 1 aliphatic heterocycles. The summed E-state index contributed by atoms with van der Waals surface area (Å²) in [5, 5.41) is 15.6. The Morgan fingerprint density at radius 3 is 2.58 bits per heavy atom. The lowest BCUT2D eigenvalue weighted by molar-refractivity contribution is 0.112. The highest BCUT2D eigenvalue weighted by atomic mass is 32.2. The van der Waals surface area contributed by atoms with E-state index in [-0.39, 0.29) is 11.5 Å². The molecule has 1 aliphatic rings. The summed E-state index contributed by atoms with van der Waals surface area (Å²) >= 11 is 0. The molecule has 0 aliphatic carbocycles. The van der Waals surface area contributed by atoms with E-state index in [0.717, 1.165) is 41.1 Å². The van der Waals surface area contributed by atoms with E-state index in [2.05, 4.69) is 0 Å². The minimum absolute atomic E-state index is 0.122. The van der Waals surface area contributed by atoms with E-state index in [9.17, 15) is 13.5 Å². The van der Waals surface area contributed by atoms with Gasteiger partial charge in [0.25, 0.3) is 0 Å². The van der Waals surface area contributed by atoms with Crippen LogP contribution in [0.2, 0.25) is 0 Å². The van der Waals surface area contributed by atoms with Crippen molar-refractivity contribution in [2.24, 2.45) is 5.14 Å². The van der Waals surface area contributed by atoms with Crippen molar-refractivity contribution >= 4 is 15.7 Å². The number of β-amino-alcohol motifs (C(OH)–C–C–N with tert-alkyl or cyclic N) is 1. The van der Waals surface area contributed by atoms with Crippen molar-refractivity contribution in [1.82, 2.24) is 0 Å². The summed E-state index contributed by atoms with van der Waals surface area (Å²) in [4.78, 5) is 2.16. The summed E-state index contributed by atoms with van der Waals surface area (Å²) in [6, 6.07) is 10.8. The first-order valence-electron chi connectivity index (χ1n) is 8.53. The van der Waals surface area contributed by atoms with E-state index < -0.39 is 16.1 Å². The molecule has 7 heteroatoms. The normalized spacial score (nSPS) is 15.0. The summed E-state index contributed by atoms with van der Waals surface area (Å²) in [6.45, 7) is 5.31. The Morgan fingerprint density at radius 2 is 1.92 bits per heavy atom. The van der Waals surface area contributed by atoms with Gasteiger partial charge >= 0.3 is 0 Å². The zero-order valence-electron chi connectivity index (χ0n) is 15.0. The number of para-hydroxylation sites is 1. The fraction of sp³-hybridized carbons (Fsp3) is 0.368. The predicted molar refractivity (Wildman–Crippen MR) is 101 cm³/mol. The van der Waals surface area contributed by atoms with Crippen LogP contribution in [0.4, 0.5) is 5.69 Å². The molecule has 0 spiro atoms. The Bertz CT molecular complexity index is 892. The first kappa shape index (κ1) is 18.7. The van der Waals surface area contributed by atoms with Crippen molar-refractivity contribution in [2.75, 3.05) is 24.6 Å². The smallest absolute Gasteiger partial charge is 0.238 e. The highest BCUT2D eigenvalue weighted by Crippen LogP contribution is 2.30. The maximum atomic E-state index is 11.5. The molecule has 1 heterocycles. The number of aryl methyl sites for hydroxylation is 2. The Balaban J connectivity index is 1.64. The Labute approximate surface area is 154 Å². The molecule has 0 saturated heterocycles. The second-order valence-corrected chi connectivity index (χ2v) is 8.28. The summed E-state index contributed by atoms with van der Waals surface area (Å²) in [6.07, 6.45) is 0.0706. The largest absolute Gasteiger partial charge is 0.490 e. The minimum atomic E-state index is -3.70. The number of nitrogens with zero attached hydrogens (tertiary/aromatic N) is 1. The third kappa shape index (κ3) is 4.00. The molecule has 140 valence electrons. The molecular formula is C19H24N2O4S. The maximum absolute atomic E-state index is 11.5. The van der Waals surface area contributed by atoms with Gasteiger partial charge in [-0.2, -0.15) is 0 Å². The van der Waals surface area contributed by atoms with Gasteiger partial charge in [0.15, 0.2) is 0 Å². The Hall–Kier alpha value is -2.09. The Morgan fingerprint density at radius 1 is 1.23 bits per heavy atom. The van der Waals surface area contributed by atoms with Crippen molar-refractivity contribution in [1.29, 1.82) is 0 Å². The van der Waals surface area contributed by atoms with Crippen LogP contribution in [0.25, 0.3) is 0 Å². The zero-order valence-corrected chi connectivity index (χ0v) is 15.8. The molecule has 0 fully saturated rings. The molecule has 0 amide bonds. The van der Waals surface area contributed by atoms with Crippen LogP contribution in [0, 0.1) is 13.8 Å². The van der Waals surface area contributed by atoms with Gasteiger partial charge in [-0.25, -0.2) is 13.6 Å². The maximum Gasteiger partial charge on any atom is 0.238 e. The Kier molecular flexibility index (Phi) is 5.22. The van der Waals surface area contributed by atoms with Crippen molar-refractivity contribution in [3.05, 3.63) is 53.1 Å². The van der Waals surface area contributed by atoms with Crippen molar-refractivity contribution < 1.29 is 18.3 Å². The van der Waals surface area contributed by atoms with Gasteiger partial charge in [0.2, 0.25) is 10.0 Å². The van der Waals surface area contributed by atoms with Crippen LogP contribution in [0.1, 0.15) is 16.7 Å². The number of primary sulfonamides is 1. The molecule has 1 atom stereocenters. The number of rotatable bonds is 6. The number of fused-ring (bicyclic) bond motifs is 1. The van der Waals surface area contributed by atoms with Crippen LogP contribution in [-0.2, 0) is 16.4 Å². The number of hydrogen-bond donors (Lipinski definition) is 2. The lowest BCUT2D eigenvalue weighted by Gasteiger charge is -2.23. The van der Waals surface area contributed by atoms with Crippen molar-refractivity contribution in [3.63, 3.8) is 0 Å². The monoisotopic (exact) mass is 376 g/mol. The van der Waals surface area contributed by atoms with E-state index in [1.54, 1.807) is 12.1 Å². The fourth-order valence-corrected chi connectivity index (χ4v) is 3.89. The van der Waals surface area contributed by atoms with E-state index in [0.29, 0.717) is 6.54 Å². The molecule has 26 heavy (non-hydrogen) atoms. The standard InChI is InChI=1S/C19H24N2O4S/c1-13-4-3-5-14(2)19(13)25-12-16(22)11-21-9-8-15-10-17(26(20,23)24)6-7-18(15)21/h3-7,10,16,22H,8-9,11-12H2,1-2H3,(H2,20,23,24). The van der Waals surface area contributed by atoms with E-state index in [1.807, 2.05) is 36.9 Å². The van der Waals surface area contributed by atoms with Gasteiger partial charge in [-0.1, -0.05) is 18.2 Å². The molecule has 3 N–H and O–H groups in total. The molecule has 0 aromatic heterocycles. The summed E-state index contributed by atoms with van der Waals surface area (Å²) in [7, 11) is -3.70. The van der Waals surface area contributed by atoms with Crippen LogP contribution in [0.3, 0.4) is 0 Å². The van der Waals surface area contributed by atoms with Crippen LogP contribution >= 0.6 is 0 Å². The summed E-state index contributed by atoms with van der Waals surface area (Å²) < 4.78 is 28.8. The second kappa shape index (κ2) is 7.26. The molecule has 0 radical (unpaired) electrons. The number of anilines is 1. The third-order valence-electron chi connectivity index (χ3n) is 4.63. The number of aliphatic hydroxyl groups is 1. The number of ether oxygens (including phenoxy) is 1. The van der Waals surface area contributed by atoms with Gasteiger partial charge in [-0.05, 0) is 55.2 Å². The molecule has 2 aromatic rings. The van der Waals surface area contributed by atoms with Gasteiger partial charge in [0.05, 0.1) is 4.90 Å². The lowest BCUT2D eigenvalue weighted by atomic mass is 10.1. The number of benzene rings is 2. The predicted octanol–water partition coefficient (Wildman–Crippen LogP) is 1.75. The van der Waals surface area contributed by atoms with Crippen LogP contribution in [0.15, 0.2) is 41.3 Å². The topological polar surface area (TPSA) is 92.9 Å². The average molecular weight is 376 g/mol. The molecule has 0 bridgehead atoms. The van der Waals surface area contributed by atoms with Crippen LogP contribution < -0.4 is 14.8 Å². The van der Waals surface area contributed by atoms with Crippen molar-refractivity contribution in [3.8, 4) is 5.75 Å². The molecule has 6 nitrogen and oxygen atoms in total. The van der Waals surface area contributed by atoms with Crippen LogP contribution in [-0.4, -0.2) is 39.3 Å². The quantitative estimate of drug-likeness (QED) is 0.801. The fourth-order valence-electron chi connectivity index (χ4n) is 3.33. The summed E-state index contributed by atoms with van der Waals surface area (Å²) in [5.41, 5.74) is 3.95. The highest BCUT2D eigenvalue weighted by Gasteiger charge is 2.23. The summed E-state index contributed by atoms with van der Waals surface area (Å²) in [5.74, 6) is 0.811. The van der Waals surface area contributed by atoms with E-state index in [4.69, 9.17) is 9.88 Å². The lowest BCUT2D eigenvalue weighted by Crippen LogP contribution is -2.34. The molecule has 1 unspecified atom stereocenters. The van der Waals surface area contributed by atoms with Crippen LogP contribution in [0.5, 0.6) is 5.75 Å². The number of aliphatic hydroxyl groups excluding tert-OH is 1. The van der Waals surface area contributed by atoms with E-state index in [1.165, 1.54) is 6.07 Å². The zero-order chi connectivity index (χ0) is 18.9. The first-order valence-corrected chi connectivity index (χ1v) is 10.1. The minimum Gasteiger partial charge on any atom is -0.490 e. The van der Waals surface area contributed by atoms with Gasteiger partial charge in [0, 0.05) is 18.8 Å². The number of nitrogens with two attached hydrogens (primary N) is 1. The highest BCUT2D eigenvalue weighted by molar-refractivity contribution is 7.89. The van der Waals surface area contributed by atoms with Gasteiger partial charge in [-0.3, -0.25) is 0 Å². The molecular weight excluding hydrogens is 352 g/mol. The van der Waals surface area contributed by atoms with Gasteiger partial charge in [-0.15, -0.1) is 0 Å². The molecule has 3 rings (SSSR count). The average Bonchev–Trinajstić information content (AvgIpc) is 2.96. The molecule has 2 aromatic carbocycles. The van der Waals surface area contributed by atoms with Gasteiger partial charge in [0.1, 0.15) is 18.5 Å².